The number of benzene rings is 2. The number of allylic oxidation sites excluding steroid dienone is 1. The van der Waals surface area contributed by atoms with Crippen LogP contribution in [0.3, 0.4) is 0 Å². The molecular weight excluding hydrogens is 324 g/mol. The third-order valence-electron chi connectivity index (χ3n) is 4.09. The normalized spacial score (nSPS) is 17.1. The summed E-state index contributed by atoms with van der Waals surface area (Å²) >= 11 is 3.55. The number of rotatable bonds is 1. The lowest BCUT2D eigenvalue weighted by atomic mass is 9.92. The summed E-state index contributed by atoms with van der Waals surface area (Å²) in [6.07, 6.45) is 5.40. The van der Waals surface area contributed by atoms with Crippen molar-refractivity contribution in [2.45, 2.75) is 13.3 Å². The van der Waals surface area contributed by atoms with Gasteiger partial charge in [0.1, 0.15) is 11.3 Å². The molecule has 0 fully saturated rings. The standard InChI is InChI=1S/C19H15BrO/c1-12-8-9-18-17(10-12)16-7-3-6-15(19(16)21-18)13-4-2-5-14(20)11-13/h2-9,11-12H,10H2,1H3/t12-/m0/s1. The highest BCUT2D eigenvalue weighted by atomic mass is 79.9. The molecular formula is C19H15BrO. The van der Waals surface area contributed by atoms with Crippen molar-refractivity contribution >= 4 is 33.0 Å². The third kappa shape index (κ3) is 2.14. The fourth-order valence-electron chi connectivity index (χ4n) is 3.06. The van der Waals surface area contributed by atoms with Gasteiger partial charge in [0.05, 0.1) is 0 Å². The summed E-state index contributed by atoms with van der Waals surface area (Å²) in [5, 5.41) is 1.25. The second kappa shape index (κ2) is 4.88. The van der Waals surface area contributed by atoms with E-state index in [0.717, 1.165) is 27.8 Å². The quantitative estimate of drug-likeness (QED) is 0.525. The van der Waals surface area contributed by atoms with E-state index in [-0.39, 0.29) is 0 Å². The Labute approximate surface area is 132 Å². The summed E-state index contributed by atoms with van der Waals surface area (Å²) < 4.78 is 7.25. The second-order valence-electron chi connectivity index (χ2n) is 5.68. The zero-order chi connectivity index (χ0) is 14.4. The van der Waals surface area contributed by atoms with Crippen LogP contribution in [0.15, 0.2) is 57.4 Å². The summed E-state index contributed by atoms with van der Waals surface area (Å²) in [4.78, 5) is 0. The Morgan fingerprint density at radius 3 is 2.86 bits per heavy atom. The summed E-state index contributed by atoms with van der Waals surface area (Å²) in [5.74, 6) is 1.60. The molecule has 104 valence electrons. The Bertz CT molecular complexity index is 857. The van der Waals surface area contributed by atoms with Crippen LogP contribution in [-0.2, 0) is 6.42 Å². The van der Waals surface area contributed by atoms with Crippen molar-refractivity contribution in [1.82, 2.24) is 0 Å². The maximum atomic E-state index is 6.16. The van der Waals surface area contributed by atoms with E-state index in [1.807, 2.05) is 6.07 Å². The van der Waals surface area contributed by atoms with Crippen LogP contribution in [0.4, 0.5) is 0 Å². The first-order valence-electron chi connectivity index (χ1n) is 7.21. The summed E-state index contributed by atoms with van der Waals surface area (Å²) in [7, 11) is 0. The Morgan fingerprint density at radius 1 is 1.14 bits per heavy atom. The summed E-state index contributed by atoms with van der Waals surface area (Å²) in [6.45, 7) is 2.25. The predicted molar refractivity (Wildman–Crippen MR) is 91.3 cm³/mol. The minimum Gasteiger partial charge on any atom is -0.456 e. The molecule has 0 amide bonds. The van der Waals surface area contributed by atoms with Gasteiger partial charge in [-0.1, -0.05) is 59.3 Å². The number of hydrogen-bond donors (Lipinski definition) is 0. The molecule has 0 aliphatic heterocycles. The zero-order valence-corrected chi connectivity index (χ0v) is 13.4. The Balaban J connectivity index is 1.98. The molecule has 0 saturated heterocycles. The van der Waals surface area contributed by atoms with Gasteiger partial charge in [-0.25, -0.2) is 0 Å². The number of hydrogen-bond acceptors (Lipinski definition) is 1. The molecule has 1 nitrogen and oxygen atoms in total. The van der Waals surface area contributed by atoms with Crippen molar-refractivity contribution < 1.29 is 4.42 Å². The van der Waals surface area contributed by atoms with Crippen LogP contribution in [-0.4, -0.2) is 0 Å². The predicted octanol–water partition coefficient (Wildman–Crippen LogP) is 6.07. The van der Waals surface area contributed by atoms with Crippen molar-refractivity contribution in [2.24, 2.45) is 5.92 Å². The first-order chi connectivity index (χ1) is 10.2. The highest BCUT2D eigenvalue weighted by Gasteiger charge is 2.19. The molecule has 0 radical (unpaired) electrons. The fourth-order valence-corrected chi connectivity index (χ4v) is 3.46. The molecule has 0 spiro atoms. The van der Waals surface area contributed by atoms with Crippen molar-refractivity contribution in [3.8, 4) is 11.1 Å². The number of halogens is 1. The van der Waals surface area contributed by atoms with Gasteiger partial charge in [0.15, 0.2) is 0 Å². The van der Waals surface area contributed by atoms with E-state index in [1.54, 1.807) is 0 Å². The average Bonchev–Trinajstić information content (AvgIpc) is 2.85. The van der Waals surface area contributed by atoms with Crippen LogP contribution in [0, 0.1) is 5.92 Å². The van der Waals surface area contributed by atoms with Crippen LogP contribution in [0.1, 0.15) is 18.2 Å². The molecule has 1 aliphatic rings. The molecule has 1 aliphatic carbocycles. The Hall–Kier alpha value is -1.80. The van der Waals surface area contributed by atoms with Crippen molar-refractivity contribution in [1.29, 1.82) is 0 Å². The van der Waals surface area contributed by atoms with Gasteiger partial charge >= 0.3 is 0 Å². The largest absolute Gasteiger partial charge is 0.456 e. The fraction of sp³-hybridized carbons (Fsp3) is 0.158. The summed E-state index contributed by atoms with van der Waals surface area (Å²) in [6, 6.07) is 14.8. The first kappa shape index (κ1) is 12.9. The first-order valence-corrected chi connectivity index (χ1v) is 8.00. The lowest BCUT2D eigenvalue weighted by Gasteiger charge is -2.10. The van der Waals surface area contributed by atoms with E-state index in [1.165, 1.54) is 16.5 Å². The second-order valence-corrected chi connectivity index (χ2v) is 6.59. The molecule has 1 heterocycles. The SMILES string of the molecule is C[C@H]1C=Cc2oc3c(-c4cccc(Br)c4)cccc3c2C1. The molecule has 4 rings (SSSR count). The van der Waals surface area contributed by atoms with Gasteiger partial charge in [0.25, 0.3) is 0 Å². The van der Waals surface area contributed by atoms with E-state index in [4.69, 9.17) is 4.42 Å². The highest BCUT2D eigenvalue weighted by molar-refractivity contribution is 9.10. The third-order valence-corrected chi connectivity index (χ3v) is 4.58. The number of para-hydroxylation sites is 1. The molecule has 1 aromatic heterocycles. The molecule has 0 saturated carbocycles. The highest BCUT2D eigenvalue weighted by Crippen LogP contribution is 2.38. The molecule has 2 heteroatoms. The maximum Gasteiger partial charge on any atom is 0.142 e. The van der Waals surface area contributed by atoms with E-state index in [0.29, 0.717) is 5.92 Å². The van der Waals surface area contributed by atoms with Crippen LogP contribution >= 0.6 is 15.9 Å². The minimum absolute atomic E-state index is 0.577. The van der Waals surface area contributed by atoms with Gasteiger partial charge in [-0.2, -0.15) is 0 Å². The molecule has 0 bridgehead atoms. The van der Waals surface area contributed by atoms with Crippen LogP contribution in [0.5, 0.6) is 0 Å². The van der Waals surface area contributed by atoms with E-state index in [2.05, 4.69) is 71.4 Å². The maximum absolute atomic E-state index is 6.16. The zero-order valence-electron chi connectivity index (χ0n) is 11.8. The van der Waals surface area contributed by atoms with E-state index < -0.39 is 0 Å². The van der Waals surface area contributed by atoms with Crippen LogP contribution in [0.2, 0.25) is 0 Å². The van der Waals surface area contributed by atoms with Crippen molar-refractivity contribution in [2.75, 3.05) is 0 Å². The smallest absolute Gasteiger partial charge is 0.142 e. The lowest BCUT2D eigenvalue weighted by Crippen LogP contribution is -2.00. The van der Waals surface area contributed by atoms with Gasteiger partial charge in [-0.3, -0.25) is 0 Å². The van der Waals surface area contributed by atoms with Gasteiger partial charge < -0.3 is 4.42 Å². The van der Waals surface area contributed by atoms with Crippen molar-refractivity contribution in [3.05, 3.63) is 64.3 Å². The lowest BCUT2D eigenvalue weighted by molar-refractivity contribution is 0.585. The van der Waals surface area contributed by atoms with E-state index >= 15 is 0 Å². The Morgan fingerprint density at radius 2 is 2.00 bits per heavy atom. The average molecular weight is 339 g/mol. The monoisotopic (exact) mass is 338 g/mol. The number of fused-ring (bicyclic) bond motifs is 3. The molecule has 2 aromatic carbocycles. The van der Waals surface area contributed by atoms with Gasteiger partial charge in [0.2, 0.25) is 0 Å². The van der Waals surface area contributed by atoms with Gasteiger partial charge in [0, 0.05) is 21.0 Å². The molecule has 3 aromatic rings. The molecule has 21 heavy (non-hydrogen) atoms. The van der Waals surface area contributed by atoms with Crippen LogP contribution in [0.25, 0.3) is 28.2 Å². The summed E-state index contributed by atoms with van der Waals surface area (Å²) in [5.41, 5.74) is 4.68. The number of furan rings is 1. The van der Waals surface area contributed by atoms with Crippen molar-refractivity contribution in [3.63, 3.8) is 0 Å². The van der Waals surface area contributed by atoms with Crippen LogP contribution < -0.4 is 0 Å². The minimum atomic E-state index is 0.577. The molecule has 0 unspecified atom stereocenters. The Kier molecular flexibility index (Phi) is 3.00. The topological polar surface area (TPSA) is 13.1 Å². The molecule has 0 N–H and O–H groups in total. The van der Waals surface area contributed by atoms with Gasteiger partial charge in [-0.05, 0) is 36.1 Å². The molecule has 1 atom stereocenters. The van der Waals surface area contributed by atoms with E-state index in [9.17, 15) is 0 Å². The van der Waals surface area contributed by atoms with Gasteiger partial charge in [-0.15, -0.1) is 0 Å².